The van der Waals surface area contributed by atoms with E-state index in [1.165, 1.54) is 13.0 Å². The number of hydrogen-bond acceptors (Lipinski definition) is 6. The van der Waals surface area contributed by atoms with Crippen molar-refractivity contribution in [1.82, 2.24) is 4.90 Å². The molecule has 1 N–H and O–H groups in total. The van der Waals surface area contributed by atoms with Crippen LogP contribution in [0.5, 0.6) is 0 Å². The SMILES string of the molecule is CC(=O)c1ccc(-c2ccc(/C=C3/SC(=O)N(CC(=O)O)C3=O)o2)cc1. The summed E-state index contributed by atoms with van der Waals surface area (Å²) in [4.78, 5) is 46.7. The van der Waals surface area contributed by atoms with Crippen LogP contribution in [0.25, 0.3) is 17.4 Å². The van der Waals surface area contributed by atoms with Crippen molar-refractivity contribution in [1.29, 1.82) is 0 Å². The van der Waals surface area contributed by atoms with Gasteiger partial charge in [-0.2, -0.15) is 0 Å². The second kappa shape index (κ2) is 7.01. The van der Waals surface area contributed by atoms with Crippen molar-refractivity contribution in [3.05, 3.63) is 52.6 Å². The lowest BCUT2D eigenvalue weighted by atomic mass is 10.1. The van der Waals surface area contributed by atoms with Crippen LogP contribution in [-0.2, 0) is 9.59 Å². The average Bonchev–Trinajstić information content (AvgIpc) is 3.15. The van der Waals surface area contributed by atoms with E-state index in [0.717, 1.165) is 5.56 Å². The van der Waals surface area contributed by atoms with E-state index in [2.05, 4.69) is 0 Å². The highest BCUT2D eigenvalue weighted by Crippen LogP contribution is 2.33. The molecule has 0 radical (unpaired) electrons. The molecule has 0 atom stereocenters. The number of thioether (sulfide) groups is 1. The Kier molecular flexibility index (Phi) is 4.77. The number of hydrogen-bond donors (Lipinski definition) is 1. The third-order valence-corrected chi connectivity index (χ3v) is 4.55. The molecule has 0 saturated carbocycles. The number of benzene rings is 1. The summed E-state index contributed by atoms with van der Waals surface area (Å²) in [6.07, 6.45) is 1.40. The molecule has 132 valence electrons. The summed E-state index contributed by atoms with van der Waals surface area (Å²) in [5.41, 5.74) is 1.35. The fraction of sp³-hybridized carbons (Fsp3) is 0.111. The topological polar surface area (TPSA) is 105 Å². The average molecular weight is 371 g/mol. The number of ketones is 1. The van der Waals surface area contributed by atoms with Gasteiger partial charge in [0, 0.05) is 17.2 Å². The summed E-state index contributed by atoms with van der Waals surface area (Å²) in [6, 6.07) is 10.2. The Morgan fingerprint density at radius 2 is 1.85 bits per heavy atom. The highest BCUT2D eigenvalue weighted by Gasteiger charge is 2.36. The van der Waals surface area contributed by atoms with E-state index in [1.807, 2.05) is 0 Å². The van der Waals surface area contributed by atoms with Gasteiger partial charge >= 0.3 is 5.97 Å². The number of furan rings is 1. The summed E-state index contributed by atoms with van der Waals surface area (Å²) >= 11 is 0.667. The Bertz CT molecular complexity index is 941. The zero-order valence-electron chi connectivity index (χ0n) is 13.6. The van der Waals surface area contributed by atoms with E-state index < -0.39 is 23.7 Å². The van der Waals surface area contributed by atoms with E-state index in [0.29, 0.717) is 33.7 Å². The zero-order chi connectivity index (χ0) is 18.8. The van der Waals surface area contributed by atoms with Crippen LogP contribution >= 0.6 is 11.8 Å². The number of imide groups is 1. The molecule has 2 amide bonds. The lowest BCUT2D eigenvalue weighted by Gasteiger charge is -2.07. The lowest BCUT2D eigenvalue weighted by Crippen LogP contribution is -2.33. The molecule has 0 unspecified atom stereocenters. The predicted molar refractivity (Wildman–Crippen MR) is 94.5 cm³/mol. The van der Waals surface area contributed by atoms with Crippen LogP contribution in [0.4, 0.5) is 4.79 Å². The van der Waals surface area contributed by atoms with Crippen LogP contribution in [-0.4, -0.2) is 39.5 Å². The van der Waals surface area contributed by atoms with Crippen LogP contribution in [0.15, 0.2) is 45.7 Å². The van der Waals surface area contributed by atoms with Crippen LogP contribution in [0, 0.1) is 0 Å². The van der Waals surface area contributed by atoms with Gasteiger partial charge in [-0.3, -0.25) is 24.1 Å². The first-order valence-electron chi connectivity index (χ1n) is 7.53. The second-order valence-corrected chi connectivity index (χ2v) is 6.49. The molecule has 26 heavy (non-hydrogen) atoms. The van der Waals surface area contributed by atoms with E-state index in [-0.39, 0.29) is 10.7 Å². The fourth-order valence-electron chi connectivity index (χ4n) is 2.36. The third kappa shape index (κ3) is 3.60. The van der Waals surface area contributed by atoms with Crippen molar-refractivity contribution in [3.63, 3.8) is 0 Å². The van der Waals surface area contributed by atoms with Gasteiger partial charge in [0.05, 0.1) is 4.91 Å². The Hall–Kier alpha value is -3.13. The lowest BCUT2D eigenvalue weighted by molar-refractivity contribution is -0.140. The molecule has 0 bridgehead atoms. The van der Waals surface area contributed by atoms with Crippen LogP contribution < -0.4 is 0 Å². The first kappa shape index (κ1) is 17.7. The number of rotatable bonds is 5. The van der Waals surface area contributed by atoms with E-state index in [9.17, 15) is 19.2 Å². The van der Waals surface area contributed by atoms with Crippen molar-refractivity contribution in [2.75, 3.05) is 6.54 Å². The summed E-state index contributed by atoms with van der Waals surface area (Å²) < 4.78 is 5.66. The van der Waals surface area contributed by atoms with Gasteiger partial charge in [-0.05, 0) is 30.8 Å². The van der Waals surface area contributed by atoms with Crippen molar-refractivity contribution < 1.29 is 28.7 Å². The van der Waals surface area contributed by atoms with Gasteiger partial charge in [0.2, 0.25) is 0 Å². The number of amides is 2. The number of nitrogens with zero attached hydrogens (tertiary/aromatic N) is 1. The van der Waals surface area contributed by atoms with Gasteiger partial charge in [0.25, 0.3) is 11.1 Å². The molecule has 2 heterocycles. The van der Waals surface area contributed by atoms with Crippen molar-refractivity contribution in [3.8, 4) is 11.3 Å². The van der Waals surface area contributed by atoms with Gasteiger partial charge in [0.1, 0.15) is 18.1 Å². The molecule has 7 nitrogen and oxygen atoms in total. The van der Waals surface area contributed by atoms with E-state index in [1.54, 1.807) is 36.4 Å². The first-order chi connectivity index (χ1) is 12.3. The molecule has 8 heteroatoms. The molecule has 1 aliphatic rings. The molecule has 1 aromatic carbocycles. The molecule has 1 saturated heterocycles. The van der Waals surface area contributed by atoms with Crippen molar-refractivity contribution in [2.45, 2.75) is 6.92 Å². The Morgan fingerprint density at radius 1 is 1.15 bits per heavy atom. The number of aliphatic carboxylic acids is 1. The molecule has 1 aromatic heterocycles. The monoisotopic (exact) mass is 371 g/mol. The van der Waals surface area contributed by atoms with Crippen LogP contribution in [0.2, 0.25) is 0 Å². The van der Waals surface area contributed by atoms with Gasteiger partial charge < -0.3 is 9.52 Å². The Balaban J connectivity index is 1.81. The van der Waals surface area contributed by atoms with Crippen LogP contribution in [0.1, 0.15) is 23.0 Å². The maximum atomic E-state index is 12.1. The highest BCUT2D eigenvalue weighted by molar-refractivity contribution is 8.18. The number of carbonyl (C=O) groups is 4. The molecule has 1 aliphatic heterocycles. The minimum Gasteiger partial charge on any atom is -0.480 e. The predicted octanol–water partition coefficient (Wildman–Crippen LogP) is 3.27. The van der Waals surface area contributed by atoms with Gasteiger partial charge in [-0.25, -0.2) is 0 Å². The fourth-order valence-corrected chi connectivity index (χ4v) is 3.17. The Morgan fingerprint density at radius 3 is 2.46 bits per heavy atom. The Labute approximate surface area is 152 Å². The first-order valence-corrected chi connectivity index (χ1v) is 8.35. The highest BCUT2D eigenvalue weighted by atomic mass is 32.2. The van der Waals surface area contributed by atoms with Crippen molar-refractivity contribution in [2.24, 2.45) is 0 Å². The number of carboxylic acids is 1. The van der Waals surface area contributed by atoms with Gasteiger partial charge in [-0.15, -0.1) is 0 Å². The molecule has 3 rings (SSSR count). The minimum absolute atomic E-state index is 0.0335. The molecular formula is C18H13NO6S. The quantitative estimate of drug-likeness (QED) is 0.635. The summed E-state index contributed by atoms with van der Waals surface area (Å²) in [7, 11) is 0. The summed E-state index contributed by atoms with van der Waals surface area (Å²) in [5, 5.41) is 8.12. The molecule has 2 aromatic rings. The minimum atomic E-state index is -1.26. The molecule has 0 aliphatic carbocycles. The summed E-state index contributed by atoms with van der Waals surface area (Å²) in [5.74, 6) is -1.06. The maximum absolute atomic E-state index is 12.1. The number of Topliss-reactive ketones (excluding diaryl/α,β-unsaturated/α-hetero) is 1. The smallest absolute Gasteiger partial charge is 0.323 e. The largest absolute Gasteiger partial charge is 0.480 e. The molecule has 1 fully saturated rings. The zero-order valence-corrected chi connectivity index (χ0v) is 14.4. The van der Waals surface area contributed by atoms with Gasteiger partial charge in [0.15, 0.2) is 5.78 Å². The molecule has 0 spiro atoms. The second-order valence-electron chi connectivity index (χ2n) is 5.50. The van der Waals surface area contributed by atoms with Crippen LogP contribution in [0.3, 0.4) is 0 Å². The maximum Gasteiger partial charge on any atom is 0.323 e. The van der Waals surface area contributed by atoms with Gasteiger partial charge in [-0.1, -0.05) is 24.3 Å². The number of carboxylic acid groups (broad SMARTS) is 1. The van der Waals surface area contributed by atoms with E-state index in [4.69, 9.17) is 9.52 Å². The molecular weight excluding hydrogens is 358 g/mol. The standard InChI is InChI=1S/C18H13NO6S/c1-10(20)11-2-4-12(5-3-11)14-7-6-13(25-14)8-15-17(23)19(9-16(21)22)18(24)26-15/h2-8H,9H2,1H3,(H,21,22)/b15-8+. The third-order valence-electron chi connectivity index (χ3n) is 3.64. The normalized spacial score (nSPS) is 15.7. The summed E-state index contributed by atoms with van der Waals surface area (Å²) in [6.45, 7) is 0.811. The number of carbonyl (C=O) groups excluding carboxylic acids is 3. The van der Waals surface area contributed by atoms with Crippen molar-refractivity contribution >= 4 is 40.7 Å². The van der Waals surface area contributed by atoms with E-state index >= 15 is 0 Å².